The average Bonchev–Trinajstić information content (AvgIpc) is 3.04. The molecular formula is C35H39F3N4O2. The number of piperidine rings is 1. The second-order valence-corrected chi connectivity index (χ2v) is 10.9. The van der Waals surface area contributed by atoms with Crippen LogP contribution in [0.3, 0.4) is 0 Å². The Kier molecular flexibility index (Phi) is 12.5. The van der Waals surface area contributed by atoms with E-state index in [0.29, 0.717) is 6.04 Å². The summed E-state index contributed by atoms with van der Waals surface area (Å²) in [7, 11) is 0. The molecule has 1 aliphatic rings. The van der Waals surface area contributed by atoms with E-state index in [-0.39, 0.29) is 0 Å². The van der Waals surface area contributed by atoms with Crippen LogP contribution in [0.4, 0.5) is 13.2 Å². The summed E-state index contributed by atoms with van der Waals surface area (Å²) in [6.45, 7) is 6.12. The first kappa shape index (κ1) is 32.9. The van der Waals surface area contributed by atoms with E-state index in [1.807, 2.05) is 6.20 Å². The molecule has 0 radical (unpaired) electrons. The van der Waals surface area contributed by atoms with Gasteiger partial charge in [0.15, 0.2) is 0 Å². The minimum Gasteiger partial charge on any atom is -0.475 e. The number of carboxylic acid groups (broad SMARTS) is 1. The summed E-state index contributed by atoms with van der Waals surface area (Å²) in [5.41, 5.74) is 7.52. The number of rotatable bonds is 11. The Morgan fingerprint density at radius 1 is 0.795 bits per heavy atom. The van der Waals surface area contributed by atoms with E-state index in [0.717, 1.165) is 51.4 Å². The Bertz CT molecular complexity index is 1390. The van der Waals surface area contributed by atoms with Gasteiger partial charge in [0.2, 0.25) is 0 Å². The molecule has 1 aliphatic heterocycles. The van der Waals surface area contributed by atoms with Crippen LogP contribution >= 0.6 is 0 Å². The summed E-state index contributed by atoms with van der Waals surface area (Å²) in [6.07, 6.45) is 0.371. The molecule has 3 aromatic carbocycles. The van der Waals surface area contributed by atoms with Crippen LogP contribution in [-0.2, 0) is 30.8 Å². The zero-order valence-electron chi connectivity index (χ0n) is 24.6. The van der Waals surface area contributed by atoms with E-state index in [4.69, 9.17) is 14.9 Å². The lowest BCUT2D eigenvalue weighted by Gasteiger charge is -2.32. The molecule has 2 heterocycles. The number of aromatic nitrogens is 1. The monoisotopic (exact) mass is 604 g/mol. The van der Waals surface area contributed by atoms with E-state index in [2.05, 4.69) is 113 Å². The highest BCUT2D eigenvalue weighted by Gasteiger charge is 2.38. The number of nitrogens with zero attached hydrogens (tertiary/aromatic N) is 2. The van der Waals surface area contributed by atoms with E-state index in [1.54, 1.807) is 0 Å². The first-order valence-corrected chi connectivity index (χ1v) is 14.8. The van der Waals surface area contributed by atoms with Gasteiger partial charge in [-0.15, -0.1) is 0 Å². The van der Waals surface area contributed by atoms with Crippen molar-refractivity contribution in [1.29, 1.82) is 0 Å². The molecule has 0 bridgehead atoms. The number of alkyl halides is 3. The third-order valence-corrected chi connectivity index (χ3v) is 7.51. The number of carboxylic acids is 1. The fraction of sp³-hybridized carbons (Fsp3) is 0.314. The van der Waals surface area contributed by atoms with Gasteiger partial charge in [-0.2, -0.15) is 13.2 Å². The molecule has 9 heteroatoms. The lowest BCUT2D eigenvalue weighted by Crippen LogP contribution is -2.41. The van der Waals surface area contributed by atoms with Gasteiger partial charge < -0.3 is 15.7 Å². The highest BCUT2D eigenvalue weighted by atomic mass is 19.4. The standard InChI is InChI=1S/C33H38N4.C2HF3O2/c1-3-7-27(8-4-1)17-20-34-23-30-13-16-33(36-25-30)31-14-11-28(12-15-31)24-35-32-18-21-37(22-19-32)26-29-9-5-2-6-10-29;3-2(4,5)1(6)7/h1-16,25,32,34-35H,17-24,26H2;(H,6,7). The minimum absolute atomic E-state index is 0.599. The number of halogens is 3. The Labute approximate surface area is 257 Å². The third-order valence-electron chi connectivity index (χ3n) is 7.51. The lowest BCUT2D eigenvalue weighted by molar-refractivity contribution is -0.192. The first-order valence-electron chi connectivity index (χ1n) is 14.8. The van der Waals surface area contributed by atoms with Crippen molar-refractivity contribution in [1.82, 2.24) is 20.5 Å². The van der Waals surface area contributed by atoms with Gasteiger partial charge in [0.1, 0.15) is 0 Å². The number of likely N-dealkylation sites (tertiary alicyclic amines) is 1. The van der Waals surface area contributed by atoms with Crippen molar-refractivity contribution in [2.24, 2.45) is 0 Å². The molecule has 0 aliphatic carbocycles. The van der Waals surface area contributed by atoms with E-state index in [9.17, 15) is 13.2 Å². The molecule has 1 aromatic heterocycles. The van der Waals surface area contributed by atoms with Crippen LogP contribution in [0.2, 0.25) is 0 Å². The Morgan fingerprint density at radius 2 is 1.39 bits per heavy atom. The van der Waals surface area contributed by atoms with E-state index in [1.165, 1.54) is 40.7 Å². The second kappa shape index (κ2) is 16.7. The smallest absolute Gasteiger partial charge is 0.475 e. The van der Waals surface area contributed by atoms with Gasteiger partial charge in [-0.1, -0.05) is 91.0 Å². The van der Waals surface area contributed by atoms with Gasteiger partial charge in [-0.25, -0.2) is 4.79 Å². The zero-order valence-corrected chi connectivity index (χ0v) is 24.6. The van der Waals surface area contributed by atoms with Gasteiger partial charge in [0.25, 0.3) is 0 Å². The number of aliphatic carboxylic acids is 1. The molecule has 3 N–H and O–H groups in total. The molecule has 1 saturated heterocycles. The van der Waals surface area contributed by atoms with Gasteiger partial charge >= 0.3 is 12.1 Å². The van der Waals surface area contributed by atoms with Crippen LogP contribution in [-0.4, -0.2) is 52.8 Å². The third kappa shape index (κ3) is 11.2. The van der Waals surface area contributed by atoms with Gasteiger partial charge in [0.05, 0.1) is 5.69 Å². The summed E-state index contributed by atoms with van der Waals surface area (Å²) in [6, 6.07) is 35.2. The Hall–Kier alpha value is -4.05. The van der Waals surface area contributed by atoms with Gasteiger partial charge in [-0.05, 0) is 67.2 Å². The molecule has 232 valence electrons. The molecule has 4 aromatic rings. The molecule has 0 saturated carbocycles. The highest BCUT2D eigenvalue weighted by Crippen LogP contribution is 2.19. The summed E-state index contributed by atoms with van der Waals surface area (Å²) < 4.78 is 31.7. The van der Waals surface area contributed by atoms with Crippen LogP contribution in [0.1, 0.15) is 35.1 Å². The maximum absolute atomic E-state index is 10.6. The van der Waals surface area contributed by atoms with Crippen LogP contribution in [0.15, 0.2) is 103 Å². The predicted octanol–water partition coefficient (Wildman–Crippen LogP) is 6.47. The summed E-state index contributed by atoms with van der Waals surface area (Å²) in [4.78, 5) is 16.2. The van der Waals surface area contributed by atoms with Gasteiger partial charge in [0, 0.05) is 37.4 Å². The van der Waals surface area contributed by atoms with Crippen molar-refractivity contribution < 1.29 is 23.1 Å². The quantitative estimate of drug-likeness (QED) is 0.171. The number of pyridine rings is 1. The van der Waals surface area contributed by atoms with Crippen LogP contribution in [0.25, 0.3) is 11.3 Å². The predicted molar refractivity (Wildman–Crippen MR) is 167 cm³/mol. The molecule has 0 unspecified atom stereocenters. The Morgan fingerprint density at radius 3 is 1.95 bits per heavy atom. The minimum atomic E-state index is -5.08. The molecule has 44 heavy (non-hydrogen) atoms. The molecule has 0 atom stereocenters. The summed E-state index contributed by atoms with van der Waals surface area (Å²) >= 11 is 0. The fourth-order valence-electron chi connectivity index (χ4n) is 5.00. The molecule has 6 nitrogen and oxygen atoms in total. The largest absolute Gasteiger partial charge is 0.490 e. The Balaban J connectivity index is 0.000000566. The molecular weight excluding hydrogens is 565 g/mol. The van der Waals surface area contributed by atoms with Crippen molar-refractivity contribution in [2.45, 2.75) is 51.1 Å². The zero-order chi connectivity index (χ0) is 31.2. The topological polar surface area (TPSA) is 77.5 Å². The van der Waals surface area contributed by atoms with E-state index < -0.39 is 12.1 Å². The SMILES string of the molecule is O=C(O)C(F)(F)F.c1ccc(CCNCc2ccc(-c3ccc(CNC4CCN(Cc5ccccc5)CC4)cc3)nc2)cc1. The van der Waals surface area contributed by atoms with Crippen molar-refractivity contribution in [3.8, 4) is 11.3 Å². The number of carbonyl (C=O) groups is 1. The molecule has 0 spiro atoms. The maximum atomic E-state index is 10.6. The summed E-state index contributed by atoms with van der Waals surface area (Å²) in [5, 5.41) is 14.4. The number of hydrogen-bond acceptors (Lipinski definition) is 5. The second-order valence-electron chi connectivity index (χ2n) is 10.9. The van der Waals surface area contributed by atoms with Crippen LogP contribution in [0, 0.1) is 0 Å². The lowest BCUT2D eigenvalue weighted by atomic mass is 10.0. The maximum Gasteiger partial charge on any atom is 0.490 e. The van der Waals surface area contributed by atoms with Gasteiger partial charge in [-0.3, -0.25) is 9.88 Å². The van der Waals surface area contributed by atoms with Crippen LogP contribution in [0.5, 0.6) is 0 Å². The number of benzene rings is 3. The average molecular weight is 605 g/mol. The first-order chi connectivity index (χ1) is 21.3. The molecule has 1 fully saturated rings. The van der Waals surface area contributed by atoms with Crippen molar-refractivity contribution in [3.05, 3.63) is 126 Å². The van der Waals surface area contributed by atoms with Crippen molar-refractivity contribution in [2.75, 3.05) is 19.6 Å². The van der Waals surface area contributed by atoms with Crippen LogP contribution < -0.4 is 10.6 Å². The normalized spacial score (nSPS) is 14.1. The molecule has 0 amide bonds. The highest BCUT2D eigenvalue weighted by molar-refractivity contribution is 5.73. The van der Waals surface area contributed by atoms with Crippen molar-refractivity contribution >= 4 is 5.97 Å². The number of nitrogens with one attached hydrogen (secondary N) is 2. The number of hydrogen-bond donors (Lipinski definition) is 3. The fourth-order valence-corrected chi connectivity index (χ4v) is 5.00. The van der Waals surface area contributed by atoms with E-state index >= 15 is 0 Å². The summed E-state index contributed by atoms with van der Waals surface area (Å²) in [5.74, 6) is -2.76. The van der Waals surface area contributed by atoms with Crippen molar-refractivity contribution in [3.63, 3.8) is 0 Å². The molecule has 5 rings (SSSR count).